The van der Waals surface area contributed by atoms with Crippen LogP contribution in [0.1, 0.15) is 10.4 Å². The van der Waals surface area contributed by atoms with Crippen molar-refractivity contribution in [2.75, 3.05) is 24.3 Å². The Morgan fingerprint density at radius 2 is 2.12 bits per heavy atom. The lowest BCUT2D eigenvalue weighted by molar-refractivity contribution is 0.0692. The summed E-state index contributed by atoms with van der Waals surface area (Å²) < 4.78 is 26.9. The monoisotopic (exact) mass is 259 g/mol. The zero-order valence-corrected chi connectivity index (χ0v) is 10.0. The van der Waals surface area contributed by atoms with Gasteiger partial charge in [0.15, 0.2) is 9.84 Å². The highest BCUT2D eigenvalue weighted by Crippen LogP contribution is 2.21. The van der Waals surface area contributed by atoms with Crippen LogP contribution < -0.4 is 10.5 Å². The van der Waals surface area contributed by atoms with Gasteiger partial charge in [0, 0.05) is 18.0 Å². The van der Waals surface area contributed by atoms with Crippen LogP contribution in [0, 0.1) is 0 Å². The first-order valence-corrected chi connectivity index (χ1v) is 6.79. The number of aromatic carboxylic acids is 1. The fraction of sp³-hybridized carbons (Fsp3) is 0.300. The Morgan fingerprint density at radius 1 is 1.47 bits per heavy atom. The van der Waals surface area contributed by atoms with E-state index in [1.807, 2.05) is 0 Å². The summed E-state index contributed by atoms with van der Waals surface area (Å²) in [6, 6.07) is 4.10. The molecule has 6 nitrogen and oxygen atoms in total. The molecule has 0 fully saturated rings. The van der Waals surface area contributed by atoms with Gasteiger partial charge in [-0.05, 0) is 12.1 Å². The van der Waals surface area contributed by atoms with E-state index < -0.39 is 15.8 Å². The van der Waals surface area contributed by atoms with Crippen molar-refractivity contribution in [1.82, 2.24) is 0 Å². The summed E-state index contributed by atoms with van der Waals surface area (Å²) in [6.07, 6.45) is 1.08. The normalized spacial score (nSPS) is 11.1. The van der Waals surface area contributed by atoms with Crippen LogP contribution in [0.4, 0.5) is 5.69 Å². The van der Waals surface area contributed by atoms with Crippen LogP contribution in [-0.4, -0.2) is 38.1 Å². The summed E-state index contributed by atoms with van der Waals surface area (Å²) in [6.45, 7) is -0.109. The SMILES string of the molecule is CS(=O)(=O)CCOc1cc(N)ccc1C(=O)O. The second-order valence-corrected chi connectivity index (χ2v) is 5.80. The molecule has 0 radical (unpaired) electrons. The molecule has 0 aromatic heterocycles. The first kappa shape index (κ1) is 13.3. The lowest BCUT2D eigenvalue weighted by atomic mass is 10.2. The molecule has 1 rings (SSSR count). The number of anilines is 1. The Balaban J connectivity index is 2.82. The standard InChI is InChI=1S/C10H13NO5S/c1-17(14,15)5-4-16-9-6-7(11)2-3-8(9)10(12)13/h2-3,6H,4-5,11H2,1H3,(H,12,13). The summed E-state index contributed by atoms with van der Waals surface area (Å²) in [7, 11) is -3.14. The molecule has 0 atom stereocenters. The predicted octanol–water partition coefficient (Wildman–Crippen LogP) is 0.390. The molecule has 0 unspecified atom stereocenters. The van der Waals surface area contributed by atoms with Gasteiger partial charge in [-0.15, -0.1) is 0 Å². The topological polar surface area (TPSA) is 107 Å². The fourth-order valence-electron chi connectivity index (χ4n) is 1.14. The van der Waals surface area contributed by atoms with Gasteiger partial charge in [0.05, 0.1) is 5.75 Å². The number of nitrogen functional groups attached to an aromatic ring is 1. The van der Waals surface area contributed by atoms with E-state index in [0.29, 0.717) is 5.69 Å². The van der Waals surface area contributed by atoms with E-state index in [9.17, 15) is 13.2 Å². The summed E-state index contributed by atoms with van der Waals surface area (Å²) >= 11 is 0. The van der Waals surface area contributed by atoms with Crippen LogP contribution in [0.25, 0.3) is 0 Å². The van der Waals surface area contributed by atoms with Crippen molar-refractivity contribution in [2.45, 2.75) is 0 Å². The third-order valence-electron chi connectivity index (χ3n) is 1.95. The number of rotatable bonds is 5. The fourth-order valence-corrected chi connectivity index (χ4v) is 1.52. The minimum atomic E-state index is -3.14. The van der Waals surface area contributed by atoms with Gasteiger partial charge in [0.25, 0.3) is 0 Å². The second-order valence-electron chi connectivity index (χ2n) is 3.54. The first-order chi connectivity index (χ1) is 7.79. The number of carbonyl (C=O) groups is 1. The van der Waals surface area contributed by atoms with Crippen LogP contribution in [-0.2, 0) is 9.84 Å². The van der Waals surface area contributed by atoms with E-state index in [1.54, 1.807) is 0 Å². The third kappa shape index (κ3) is 4.31. The molecule has 3 N–H and O–H groups in total. The molecule has 0 spiro atoms. The van der Waals surface area contributed by atoms with Crippen molar-refractivity contribution in [3.63, 3.8) is 0 Å². The smallest absolute Gasteiger partial charge is 0.339 e. The quantitative estimate of drug-likeness (QED) is 0.741. The summed E-state index contributed by atoms with van der Waals surface area (Å²) in [5.74, 6) is -1.26. The number of benzene rings is 1. The zero-order chi connectivity index (χ0) is 13.1. The maximum Gasteiger partial charge on any atom is 0.339 e. The summed E-state index contributed by atoms with van der Waals surface area (Å²) in [4.78, 5) is 10.9. The first-order valence-electron chi connectivity index (χ1n) is 4.73. The lowest BCUT2D eigenvalue weighted by Crippen LogP contribution is -2.13. The predicted molar refractivity (Wildman–Crippen MR) is 63.0 cm³/mol. The summed E-state index contributed by atoms with van der Waals surface area (Å²) in [5, 5.41) is 8.88. The van der Waals surface area contributed by atoms with Crippen LogP contribution in [0.3, 0.4) is 0 Å². The molecule has 0 aliphatic carbocycles. The molecule has 7 heteroatoms. The Kier molecular flexibility index (Phi) is 3.95. The summed E-state index contributed by atoms with van der Waals surface area (Å²) in [5.41, 5.74) is 5.80. The molecule has 0 saturated heterocycles. The molecule has 0 bridgehead atoms. The Morgan fingerprint density at radius 3 is 2.65 bits per heavy atom. The van der Waals surface area contributed by atoms with E-state index in [1.165, 1.54) is 18.2 Å². The van der Waals surface area contributed by atoms with Gasteiger partial charge in [-0.2, -0.15) is 0 Å². The third-order valence-corrected chi connectivity index (χ3v) is 2.86. The molecule has 0 amide bonds. The molecule has 0 saturated carbocycles. The molecule has 0 aliphatic rings. The van der Waals surface area contributed by atoms with Crippen molar-refractivity contribution in [1.29, 1.82) is 0 Å². The highest BCUT2D eigenvalue weighted by molar-refractivity contribution is 7.90. The largest absolute Gasteiger partial charge is 0.492 e. The minimum Gasteiger partial charge on any atom is -0.492 e. The van der Waals surface area contributed by atoms with Crippen molar-refractivity contribution >= 4 is 21.5 Å². The lowest BCUT2D eigenvalue weighted by Gasteiger charge is -2.09. The molecule has 0 heterocycles. The van der Waals surface area contributed by atoms with E-state index in [2.05, 4.69) is 0 Å². The van der Waals surface area contributed by atoms with Crippen LogP contribution in [0.5, 0.6) is 5.75 Å². The number of hydrogen-bond donors (Lipinski definition) is 2. The van der Waals surface area contributed by atoms with Gasteiger partial charge < -0.3 is 15.6 Å². The average molecular weight is 259 g/mol. The Hall–Kier alpha value is -1.76. The number of sulfone groups is 1. The van der Waals surface area contributed by atoms with E-state index in [0.717, 1.165) is 6.26 Å². The molecular formula is C10H13NO5S. The maximum atomic E-state index is 10.9. The highest BCUT2D eigenvalue weighted by Gasteiger charge is 2.12. The number of nitrogens with two attached hydrogens (primary N) is 1. The van der Waals surface area contributed by atoms with Crippen molar-refractivity contribution in [2.24, 2.45) is 0 Å². The van der Waals surface area contributed by atoms with Gasteiger partial charge in [-0.1, -0.05) is 0 Å². The number of carboxylic acid groups (broad SMARTS) is 1. The van der Waals surface area contributed by atoms with Gasteiger partial charge in [-0.3, -0.25) is 0 Å². The van der Waals surface area contributed by atoms with E-state index >= 15 is 0 Å². The van der Waals surface area contributed by atoms with Gasteiger partial charge >= 0.3 is 5.97 Å². The van der Waals surface area contributed by atoms with Crippen LogP contribution in [0.2, 0.25) is 0 Å². The molecule has 1 aromatic carbocycles. The number of hydrogen-bond acceptors (Lipinski definition) is 5. The van der Waals surface area contributed by atoms with Gasteiger partial charge in [0.1, 0.15) is 17.9 Å². The minimum absolute atomic E-state index is 0.0484. The number of carboxylic acids is 1. The Labute approximate surface area is 98.9 Å². The van der Waals surface area contributed by atoms with E-state index in [-0.39, 0.29) is 23.7 Å². The van der Waals surface area contributed by atoms with Crippen LogP contribution in [0.15, 0.2) is 18.2 Å². The highest BCUT2D eigenvalue weighted by atomic mass is 32.2. The van der Waals surface area contributed by atoms with Gasteiger partial charge in [-0.25, -0.2) is 13.2 Å². The molecule has 17 heavy (non-hydrogen) atoms. The Bertz CT molecular complexity index is 523. The van der Waals surface area contributed by atoms with E-state index in [4.69, 9.17) is 15.6 Å². The average Bonchev–Trinajstić information content (AvgIpc) is 2.15. The molecular weight excluding hydrogens is 246 g/mol. The van der Waals surface area contributed by atoms with Crippen molar-refractivity contribution in [3.8, 4) is 5.75 Å². The number of ether oxygens (including phenoxy) is 1. The molecule has 1 aromatic rings. The van der Waals surface area contributed by atoms with Gasteiger partial charge in [0.2, 0.25) is 0 Å². The van der Waals surface area contributed by atoms with Crippen molar-refractivity contribution in [3.05, 3.63) is 23.8 Å². The zero-order valence-electron chi connectivity index (χ0n) is 9.21. The van der Waals surface area contributed by atoms with Crippen LogP contribution >= 0.6 is 0 Å². The maximum absolute atomic E-state index is 10.9. The van der Waals surface area contributed by atoms with Crippen molar-refractivity contribution < 1.29 is 23.1 Å². The molecule has 0 aliphatic heterocycles. The second kappa shape index (κ2) is 5.05. The molecule has 94 valence electrons.